The van der Waals surface area contributed by atoms with Crippen molar-refractivity contribution in [1.82, 2.24) is 9.97 Å². The molecular weight excluding hydrogens is 310 g/mol. The smallest absolute Gasteiger partial charge is 0.358 e. The van der Waals surface area contributed by atoms with Crippen LogP contribution in [0.1, 0.15) is 35.1 Å². The molecule has 0 aromatic carbocycles. The molecule has 0 bridgehead atoms. The molecule has 2 heterocycles. The average molecular weight is 324 g/mol. The quantitative estimate of drug-likeness (QED) is 0.804. The zero-order valence-electron chi connectivity index (χ0n) is 11.7. The van der Waals surface area contributed by atoms with Crippen LogP contribution in [0.5, 0.6) is 0 Å². The number of aromatic nitrogens is 2. The first-order valence-electron chi connectivity index (χ1n) is 6.54. The van der Waals surface area contributed by atoms with Crippen LogP contribution in [-0.4, -0.2) is 30.1 Å². The summed E-state index contributed by atoms with van der Waals surface area (Å²) in [6.07, 6.45) is 2.09. The average Bonchev–Trinajstić information content (AvgIpc) is 3.20. The molecule has 0 unspecified atom stereocenters. The van der Waals surface area contributed by atoms with E-state index in [-0.39, 0.29) is 10.7 Å². The fourth-order valence-electron chi connectivity index (χ4n) is 2.00. The van der Waals surface area contributed by atoms with Gasteiger partial charge >= 0.3 is 5.97 Å². The molecule has 0 spiro atoms. The van der Waals surface area contributed by atoms with E-state index in [9.17, 15) is 4.79 Å². The van der Waals surface area contributed by atoms with Crippen LogP contribution < -0.4 is 4.90 Å². The summed E-state index contributed by atoms with van der Waals surface area (Å²) in [7, 11) is 3.19. The number of methoxy groups -OCH3 is 1. The second kappa shape index (κ2) is 5.61. The van der Waals surface area contributed by atoms with Crippen LogP contribution in [0.3, 0.4) is 0 Å². The standard InChI is InChI=1S/C14H14ClN3O2S/c1-18(9-4-3-7-21-9)13-10(15)11(14(19)20-2)16-12(17-13)8-5-6-8/h3-4,7-8H,5-6H2,1-2H3. The van der Waals surface area contributed by atoms with Gasteiger partial charge in [0.25, 0.3) is 0 Å². The molecule has 1 fully saturated rings. The lowest BCUT2D eigenvalue weighted by Crippen LogP contribution is -2.16. The van der Waals surface area contributed by atoms with Crippen LogP contribution in [0.2, 0.25) is 5.02 Å². The fraction of sp³-hybridized carbons (Fsp3) is 0.357. The number of hydrogen-bond acceptors (Lipinski definition) is 6. The van der Waals surface area contributed by atoms with Gasteiger partial charge < -0.3 is 9.64 Å². The lowest BCUT2D eigenvalue weighted by atomic mass is 10.3. The predicted molar refractivity (Wildman–Crippen MR) is 82.7 cm³/mol. The molecule has 110 valence electrons. The van der Waals surface area contributed by atoms with Crippen molar-refractivity contribution < 1.29 is 9.53 Å². The van der Waals surface area contributed by atoms with Crippen molar-refractivity contribution in [2.24, 2.45) is 0 Å². The third kappa shape index (κ3) is 2.73. The molecule has 0 aliphatic heterocycles. The number of nitrogens with zero attached hydrogens (tertiary/aromatic N) is 3. The molecular formula is C14H14ClN3O2S. The molecule has 0 saturated heterocycles. The Labute approximate surface area is 131 Å². The van der Waals surface area contributed by atoms with Crippen LogP contribution in [0.4, 0.5) is 10.8 Å². The molecule has 1 saturated carbocycles. The molecule has 7 heteroatoms. The predicted octanol–water partition coefficient (Wildman–Crippen LogP) is 3.62. The fourth-order valence-corrected chi connectivity index (χ4v) is 2.98. The number of halogens is 1. The lowest BCUT2D eigenvalue weighted by molar-refractivity contribution is 0.0593. The summed E-state index contributed by atoms with van der Waals surface area (Å²) in [5.41, 5.74) is 0.134. The highest BCUT2D eigenvalue weighted by Crippen LogP contribution is 2.41. The molecule has 1 aliphatic rings. The molecule has 2 aromatic heterocycles. The summed E-state index contributed by atoms with van der Waals surface area (Å²) in [5, 5.41) is 3.19. The van der Waals surface area contributed by atoms with Crippen LogP contribution in [-0.2, 0) is 4.74 Å². The van der Waals surface area contributed by atoms with Crippen LogP contribution >= 0.6 is 22.9 Å². The van der Waals surface area contributed by atoms with Crippen molar-refractivity contribution >= 4 is 39.7 Å². The summed E-state index contributed by atoms with van der Waals surface area (Å²) >= 11 is 7.90. The SMILES string of the molecule is COC(=O)c1nc(C2CC2)nc(N(C)c2cccs2)c1Cl. The Balaban J connectivity index is 2.09. The van der Waals surface area contributed by atoms with Gasteiger partial charge in [-0.2, -0.15) is 0 Å². The third-order valence-corrected chi connectivity index (χ3v) is 4.62. The normalized spacial score (nSPS) is 14.0. The van der Waals surface area contributed by atoms with Gasteiger partial charge in [-0.1, -0.05) is 11.6 Å². The molecule has 1 aliphatic carbocycles. The van der Waals surface area contributed by atoms with Crippen LogP contribution in [0.25, 0.3) is 0 Å². The van der Waals surface area contributed by atoms with E-state index in [0.29, 0.717) is 17.6 Å². The second-order valence-corrected chi connectivity index (χ2v) is 6.15. The maximum absolute atomic E-state index is 11.9. The van der Waals surface area contributed by atoms with Gasteiger partial charge in [0, 0.05) is 13.0 Å². The summed E-state index contributed by atoms with van der Waals surface area (Å²) in [6, 6.07) is 3.92. The number of rotatable bonds is 4. The number of carbonyl (C=O) groups excluding carboxylic acids is 1. The first kappa shape index (κ1) is 14.3. The molecule has 0 N–H and O–H groups in total. The molecule has 0 amide bonds. The van der Waals surface area contributed by atoms with Gasteiger partial charge in [0.2, 0.25) is 0 Å². The van der Waals surface area contributed by atoms with Crippen molar-refractivity contribution in [3.63, 3.8) is 0 Å². The molecule has 0 atom stereocenters. The molecule has 21 heavy (non-hydrogen) atoms. The largest absolute Gasteiger partial charge is 0.464 e. The minimum Gasteiger partial charge on any atom is -0.464 e. The maximum atomic E-state index is 11.9. The first-order chi connectivity index (χ1) is 10.1. The summed E-state index contributed by atoms with van der Waals surface area (Å²) in [6.45, 7) is 0. The molecule has 3 rings (SSSR count). The van der Waals surface area contributed by atoms with Gasteiger partial charge in [-0.3, -0.25) is 0 Å². The number of thiophene rings is 1. The van der Waals surface area contributed by atoms with Crippen molar-refractivity contribution in [3.05, 3.63) is 34.1 Å². The van der Waals surface area contributed by atoms with Crippen molar-refractivity contribution in [1.29, 1.82) is 0 Å². The summed E-state index contributed by atoms with van der Waals surface area (Å²) < 4.78 is 4.77. The van der Waals surface area contributed by atoms with Gasteiger partial charge in [0.15, 0.2) is 11.5 Å². The van der Waals surface area contributed by atoms with E-state index in [1.54, 1.807) is 11.3 Å². The Morgan fingerprint density at radius 1 is 1.48 bits per heavy atom. The summed E-state index contributed by atoms with van der Waals surface area (Å²) in [5.74, 6) is 0.987. The minimum absolute atomic E-state index is 0.134. The number of carbonyl (C=O) groups is 1. The zero-order valence-corrected chi connectivity index (χ0v) is 13.2. The topological polar surface area (TPSA) is 55.3 Å². The third-order valence-electron chi connectivity index (χ3n) is 3.33. The maximum Gasteiger partial charge on any atom is 0.358 e. The Morgan fingerprint density at radius 3 is 2.81 bits per heavy atom. The Kier molecular flexibility index (Phi) is 3.82. The van der Waals surface area contributed by atoms with Crippen molar-refractivity contribution in [2.45, 2.75) is 18.8 Å². The Morgan fingerprint density at radius 2 is 2.24 bits per heavy atom. The Hall–Kier alpha value is -1.66. The highest BCUT2D eigenvalue weighted by Gasteiger charge is 2.31. The van der Waals surface area contributed by atoms with Crippen molar-refractivity contribution in [2.75, 3.05) is 19.1 Å². The van der Waals surface area contributed by atoms with Gasteiger partial charge in [-0.15, -0.1) is 11.3 Å². The van der Waals surface area contributed by atoms with E-state index in [0.717, 1.165) is 17.8 Å². The van der Waals surface area contributed by atoms with E-state index < -0.39 is 5.97 Å². The van der Waals surface area contributed by atoms with E-state index in [2.05, 4.69) is 9.97 Å². The number of hydrogen-bond donors (Lipinski definition) is 0. The van der Waals surface area contributed by atoms with Gasteiger partial charge in [0.05, 0.1) is 12.1 Å². The van der Waals surface area contributed by atoms with Gasteiger partial charge in [-0.25, -0.2) is 14.8 Å². The van der Waals surface area contributed by atoms with E-state index in [1.807, 2.05) is 29.5 Å². The highest BCUT2D eigenvalue weighted by molar-refractivity contribution is 7.14. The van der Waals surface area contributed by atoms with Crippen molar-refractivity contribution in [3.8, 4) is 0 Å². The highest BCUT2D eigenvalue weighted by atomic mass is 35.5. The van der Waals surface area contributed by atoms with Gasteiger partial charge in [0.1, 0.15) is 10.8 Å². The van der Waals surface area contributed by atoms with E-state index >= 15 is 0 Å². The van der Waals surface area contributed by atoms with Gasteiger partial charge in [-0.05, 0) is 30.4 Å². The minimum atomic E-state index is -0.537. The Bertz CT molecular complexity index is 671. The number of esters is 1. The zero-order chi connectivity index (χ0) is 15.0. The van der Waals surface area contributed by atoms with Crippen LogP contribution in [0, 0.1) is 0 Å². The summed E-state index contributed by atoms with van der Waals surface area (Å²) in [4.78, 5) is 22.6. The molecule has 5 nitrogen and oxygen atoms in total. The molecule has 2 aromatic rings. The second-order valence-electron chi connectivity index (χ2n) is 4.84. The number of ether oxygens (including phenoxy) is 1. The monoisotopic (exact) mass is 323 g/mol. The molecule has 0 radical (unpaired) electrons. The van der Waals surface area contributed by atoms with Crippen LogP contribution in [0.15, 0.2) is 17.5 Å². The first-order valence-corrected chi connectivity index (χ1v) is 7.80. The van der Waals surface area contributed by atoms with E-state index in [4.69, 9.17) is 16.3 Å². The lowest BCUT2D eigenvalue weighted by Gasteiger charge is -2.19. The number of anilines is 2. The van der Waals surface area contributed by atoms with E-state index in [1.165, 1.54) is 7.11 Å².